The van der Waals surface area contributed by atoms with Gasteiger partial charge in [-0.3, -0.25) is 9.80 Å². The number of hydrogen-bond donors (Lipinski definition) is 2. The summed E-state index contributed by atoms with van der Waals surface area (Å²) >= 11 is 0. The molecule has 3 fully saturated rings. The molecule has 5 nitrogen and oxygen atoms in total. The van der Waals surface area contributed by atoms with Gasteiger partial charge in [-0.05, 0) is 68.3 Å². The molecule has 0 aromatic heterocycles. The van der Waals surface area contributed by atoms with Crippen LogP contribution in [-0.2, 0) is 6.54 Å². The second-order valence-corrected chi connectivity index (χ2v) is 8.28. The van der Waals surface area contributed by atoms with Crippen LogP contribution in [0, 0.1) is 11.8 Å². The first-order valence-electron chi connectivity index (χ1n) is 10.2. The molecule has 0 bridgehead atoms. The first kappa shape index (κ1) is 18.2. The summed E-state index contributed by atoms with van der Waals surface area (Å²) in [7, 11) is 0. The van der Waals surface area contributed by atoms with Crippen LogP contribution in [0.4, 0.5) is 0 Å². The van der Waals surface area contributed by atoms with Crippen LogP contribution in [0.1, 0.15) is 31.2 Å². The Morgan fingerprint density at radius 2 is 1.69 bits per heavy atom. The van der Waals surface area contributed by atoms with Crippen LogP contribution < -0.4 is 4.74 Å². The number of aliphatic hydroxyl groups is 2. The average molecular weight is 360 g/mol. The lowest BCUT2D eigenvalue weighted by atomic mass is 9.77. The normalized spacial score (nSPS) is 32.7. The Kier molecular flexibility index (Phi) is 5.79. The van der Waals surface area contributed by atoms with Gasteiger partial charge in [-0.25, -0.2) is 0 Å². The molecule has 1 saturated carbocycles. The number of fused-ring (bicyclic) bond motifs is 1. The van der Waals surface area contributed by atoms with E-state index in [-0.39, 0.29) is 12.7 Å². The van der Waals surface area contributed by atoms with Gasteiger partial charge in [0.05, 0.1) is 12.7 Å². The summed E-state index contributed by atoms with van der Waals surface area (Å²) in [6, 6.07) is 8.61. The monoisotopic (exact) mass is 360 g/mol. The molecule has 0 amide bonds. The smallest absolute Gasteiger partial charge is 0.119 e. The fraction of sp³-hybridized carbons (Fsp3) is 0.714. The van der Waals surface area contributed by atoms with E-state index in [4.69, 9.17) is 9.84 Å². The lowest BCUT2D eigenvalue weighted by Crippen LogP contribution is -2.48. The molecular formula is C21H32N2O3. The topological polar surface area (TPSA) is 56.2 Å². The predicted molar refractivity (Wildman–Crippen MR) is 101 cm³/mol. The molecule has 0 spiro atoms. The summed E-state index contributed by atoms with van der Waals surface area (Å²) in [5, 5.41) is 19.5. The largest absolute Gasteiger partial charge is 0.491 e. The van der Waals surface area contributed by atoms with E-state index in [0.29, 0.717) is 18.6 Å². The third-order valence-electron chi connectivity index (χ3n) is 6.48. The second kappa shape index (κ2) is 8.26. The molecule has 1 aromatic carbocycles. The summed E-state index contributed by atoms with van der Waals surface area (Å²) in [5.41, 5.74) is 1.30. The lowest BCUT2D eigenvalue weighted by Gasteiger charge is -2.40. The van der Waals surface area contributed by atoms with Gasteiger partial charge in [0, 0.05) is 25.7 Å². The lowest BCUT2D eigenvalue weighted by molar-refractivity contribution is -0.000861. The Balaban J connectivity index is 1.32. The fourth-order valence-corrected chi connectivity index (χ4v) is 5.21. The van der Waals surface area contributed by atoms with Crippen molar-refractivity contribution in [3.63, 3.8) is 0 Å². The van der Waals surface area contributed by atoms with Gasteiger partial charge >= 0.3 is 0 Å². The molecule has 4 rings (SSSR count). The van der Waals surface area contributed by atoms with Gasteiger partial charge in [0.2, 0.25) is 0 Å². The zero-order valence-electron chi connectivity index (χ0n) is 15.6. The van der Waals surface area contributed by atoms with Gasteiger partial charge in [0.25, 0.3) is 0 Å². The highest BCUT2D eigenvalue weighted by Gasteiger charge is 2.43. The van der Waals surface area contributed by atoms with E-state index >= 15 is 0 Å². The van der Waals surface area contributed by atoms with Crippen molar-refractivity contribution in [1.82, 2.24) is 9.80 Å². The first-order chi connectivity index (χ1) is 12.7. The van der Waals surface area contributed by atoms with E-state index in [9.17, 15) is 5.11 Å². The number of benzene rings is 1. The summed E-state index contributed by atoms with van der Waals surface area (Å²) < 4.78 is 5.43. The third kappa shape index (κ3) is 4.06. The molecule has 1 aromatic rings. The number of rotatable bonds is 6. The van der Waals surface area contributed by atoms with Gasteiger partial charge < -0.3 is 14.9 Å². The minimum absolute atomic E-state index is 0.0442. The van der Waals surface area contributed by atoms with E-state index in [0.717, 1.165) is 44.1 Å². The van der Waals surface area contributed by atoms with Crippen LogP contribution in [0.2, 0.25) is 0 Å². The van der Waals surface area contributed by atoms with Crippen LogP contribution >= 0.6 is 0 Å². The van der Waals surface area contributed by atoms with E-state index in [2.05, 4.69) is 21.9 Å². The maximum Gasteiger partial charge on any atom is 0.119 e. The van der Waals surface area contributed by atoms with Gasteiger partial charge in [-0.15, -0.1) is 0 Å². The molecule has 5 heteroatoms. The minimum Gasteiger partial charge on any atom is -0.491 e. The zero-order valence-corrected chi connectivity index (χ0v) is 15.6. The van der Waals surface area contributed by atoms with Crippen LogP contribution in [0.15, 0.2) is 24.3 Å². The van der Waals surface area contributed by atoms with Crippen molar-refractivity contribution < 1.29 is 14.9 Å². The Hall–Kier alpha value is -1.14. The Morgan fingerprint density at radius 3 is 2.38 bits per heavy atom. The molecule has 4 atom stereocenters. The molecule has 26 heavy (non-hydrogen) atoms. The zero-order chi connectivity index (χ0) is 17.9. The minimum atomic E-state index is -0.141. The number of likely N-dealkylation sites (tertiary alicyclic amines) is 2. The van der Waals surface area contributed by atoms with Crippen LogP contribution in [0.5, 0.6) is 5.75 Å². The van der Waals surface area contributed by atoms with Crippen molar-refractivity contribution in [3.8, 4) is 5.75 Å². The molecule has 3 aliphatic rings. The Labute approximate surface area is 156 Å². The van der Waals surface area contributed by atoms with Crippen molar-refractivity contribution >= 4 is 0 Å². The number of ether oxygens (including phenoxy) is 1. The van der Waals surface area contributed by atoms with E-state index < -0.39 is 0 Å². The van der Waals surface area contributed by atoms with Gasteiger partial charge in [0.15, 0.2) is 0 Å². The molecule has 2 aliphatic heterocycles. The highest BCUT2D eigenvalue weighted by Crippen LogP contribution is 2.39. The fourth-order valence-electron chi connectivity index (χ4n) is 5.21. The number of hydrogen-bond acceptors (Lipinski definition) is 5. The predicted octanol–water partition coefficient (Wildman–Crippen LogP) is 1.72. The van der Waals surface area contributed by atoms with Crippen molar-refractivity contribution in [1.29, 1.82) is 0 Å². The third-order valence-corrected chi connectivity index (χ3v) is 6.48. The van der Waals surface area contributed by atoms with Gasteiger partial charge in [-0.1, -0.05) is 12.1 Å². The SMILES string of the molecule is OCCOc1ccc(CN2C[C@H]3C[C@@H](N4CCCC4)[C@H](O)C[C@H]3C2)cc1. The van der Waals surface area contributed by atoms with E-state index in [1.165, 1.54) is 31.5 Å². The van der Waals surface area contributed by atoms with Crippen molar-refractivity contribution in [3.05, 3.63) is 29.8 Å². The summed E-state index contributed by atoms with van der Waals surface area (Å²) in [6.45, 7) is 5.97. The number of nitrogens with zero attached hydrogens (tertiary/aromatic N) is 2. The van der Waals surface area contributed by atoms with Gasteiger partial charge in [-0.2, -0.15) is 0 Å². The molecular weight excluding hydrogens is 328 g/mol. The highest BCUT2D eigenvalue weighted by atomic mass is 16.5. The van der Waals surface area contributed by atoms with Crippen molar-refractivity contribution in [2.45, 2.75) is 44.4 Å². The molecule has 0 radical (unpaired) electrons. The first-order valence-corrected chi connectivity index (χ1v) is 10.2. The molecule has 2 heterocycles. The Morgan fingerprint density at radius 1 is 1.00 bits per heavy atom. The molecule has 144 valence electrons. The van der Waals surface area contributed by atoms with E-state index in [1.807, 2.05) is 12.1 Å². The molecule has 2 saturated heterocycles. The van der Waals surface area contributed by atoms with Gasteiger partial charge in [0.1, 0.15) is 12.4 Å². The van der Waals surface area contributed by atoms with Crippen molar-refractivity contribution in [2.24, 2.45) is 11.8 Å². The van der Waals surface area contributed by atoms with Crippen molar-refractivity contribution in [2.75, 3.05) is 39.4 Å². The van der Waals surface area contributed by atoms with Crippen LogP contribution in [-0.4, -0.2) is 71.6 Å². The van der Waals surface area contributed by atoms with E-state index in [1.54, 1.807) is 0 Å². The summed E-state index contributed by atoms with van der Waals surface area (Å²) in [5.74, 6) is 2.20. The van der Waals surface area contributed by atoms with Crippen LogP contribution in [0.3, 0.4) is 0 Å². The standard InChI is InChI=1S/C21H32N2O3/c24-9-10-26-19-5-3-16(4-6-19)13-22-14-17-11-20(23-7-1-2-8-23)21(25)12-18(17)15-22/h3-6,17-18,20-21,24-25H,1-2,7-15H2/t17-,18+,20-,21-/m1/s1. The van der Waals surface area contributed by atoms with Crippen LogP contribution in [0.25, 0.3) is 0 Å². The maximum absolute atomic E-state index is 10.7. The molecule has 2 N–H and O–H groups in total. The number of aliphatic hydroxyl groups excluding tert-OH is 2. The summed E-state index contributed by atoms with van der Waals surface area (Å²) in [4.78, 5) is 5.09. The molecule has 1 aliphatic carbocycles. The quantitative estimate of drug-likeness (QED) is 0.809. The highest BCUT2D eigenvalue weighted by molar-refractivity contribution is 5.27. The summed E-state index contributed by atoms with van der Waals surface area (Å²) in [6.07, 6.45) is 4.58. The molecule has 0 unspecified atom stereocenters. The Bertz CT molecular complexity index is 573. The average Bonchev–Trinajstić information content (AvgIpc) is 3.29. The second-order valence-electron chi connectivity index (χ2n) is 8.28. The maximum atomic E-state index is 10.7.